The lowest BCUT2D eigenvalue weighted by atomic mass is 9.89. The minimum Gasteiger partial charge on any atom is -0.378 e. The Morgan fingerprint density at radius 1 is 1.60 bits per heavy atom. The first-order valence-corrected chi connectivity index (χ1v) is 6.14. The molecule has 0 aromatic rings. The molecule has 0 spiro atoms. The van der Waals surface area contributed by atoms with Crippen LogP contribution >= 0.6 is 0 Å². The van der Waals surface area contributed by atoms with Gasteiger partial charge in [-0.3, -0.25) is 0 Å². The number of nitrogens with one attached hydrogen (secondary N) is 1. The molecule has 1 fully saturated rings. The van der Waals surface area contributed by atoms with Crippen molar-refractivity contribution in [2.45, 2.75) is 52.2 Å². The van der Waals surface area contributed by atoms with Crippen molar-refractivity contribution in [3.63, 3.8) is 0 Å². The molecule has 1 saturated heterocycles. The molecule has 15 heavy (non-hydrogen) atoms. The highest BCUT2D eigenvalue weighted by molar-refractivity contribution is 4.92. The molecule has 2 nitrogen and oxygen atoms in total. The van der Waals surface area contributed by atoms with Gasteiger partial charge in [-0.2, -0.15) is 0 Å². The van der Waals surface area contributed by atoms with Crippen molar-refractivity contribution >= 4 is 0 Å². The van der Waals surface area contributed by atoms with E-state index >= 15 is 0 Å². The van der Waals surface area contributed by atoms with E-state index in [1.807, 2.05) is 0 Å². The van der Waals surface area contributed by atoms with Crippen LogP contribution in [0.15, 0.2) is 12.2 Å². The van der Waals surface area contributed by atoms with E-state index in [0.717, 1.165) is 19.6 Å². The van der Waals surface area contributed by atoms with Crippen molar-refractivity contribution < 1.29 is 4.74 Å². The van der Waals surface area contributed by atoms with E-state index in [2.05, 4.69) is 32.7 Å². The van der Waals surface area contributed by atoms with Crippen molar-refractivity contribution in [1.82, 2.24) is 5.32 Å². The number of allylic oxidation sites excluding steroid dienone is 1. The lowest BCUT2D eigenvalue weighted by Gasteiger charge is -2.26. The van der Waals surface area contributed by atoms with Crippen LogP contribution < -0.4 is 5.32 Å². The van der Waals surface area contributed by atoms with Crippen LogP contribution in [-0.4, -0.2) is 25.3 Å². The zero-order chi connectivity index (χ0) is 11.3. The third-order valence-electron chi connectivity index (χ3n) is 3.30. The molecule has 3 unspecified atom stereocenters. The molecular weight excluding hydrogens is 186 g/mol. The minimum atomic E-state index is 0.416. The molecule has 0 aliphatic carbocycles. The Bertz CT molecular complexity index is 203. The van der Waals surface area contributed by atoms with E-state index < -0.39 is 0 Å². The highest BCUT2D eigenvalue weighted by Crippen LogP contribution is 2.26. The Morgan fingerprint density at radius 2 is 2.33 bits per heavy atom. The molecule has 1 N–H and O–H groups in total. The van der Waals surface area contributed by atoms with Gasteiger partial charge in [0.25, 0.3) is 0 Å². The zero-order valence-corrected chi connectivity index (χ0v) is 10.4. The molecule has 1 aliphatic heterocycles. The highest BCUT2D eigenvalue weighted by Gasteiger charge is 2.30. The maximum absolute atomic E-state index is 5.64. The van der Waals surface area contributed by atoms with Crippen LogP contribution in [0.4, 0.5) is 0 Å². The summed E-state index contributed by atoms with van der Waals surface area (Å²) in [5.74, 6) is 0.685. The first kappa shape index (κ1) is 12.7. The van der Waals surface area contributed by atoms with Crippen LogP contribution in [0.5, 0.6) is 0 Å². The first-order chi connectivity index (χ1) is 7.15. The maximum atomic E-state index is 5.64. The highest BCUT2D eigenvalue weighted by atomic mass is 16.5. The molecule has 1 aliphatic rings. The number of rotatable bonds is 6. The Labute approximate surface area is 94.1 Å². The van der Waals surface area contributed by atoms with Crippen LogP contribution in [0, 0.1) is 5.92 Å². The normalized spacial score (nSPS) is 27.9. The molecule has 2 heteroatoms. The lowest BCUT2D eigenvalue weighted by Crippen LogP contribution is -2.39. The van der Waals surface area contributed by atoms with E-state index in [9.17, 15) is 0 Å². The van der Waals surface area contributed by atoms with Gasteiger partial charge in [-0.05, 0) is 39.7 Å². The third kappa shape index (κ3) is 3.96. The third-order valence-corrected chi connectivity index (χ3v) is 3.30. The molecule has 0 bridgehead atoms. The number of ether oxygens (including phenoxy) is 1. The lowest BCUT2D eigenvalue weighted by molar-refractivity contribution is 0.0945. The largest absolute Gasteiger partial charge is 0.378 e. The van der Waals surface area contributed by atoms with Gasteiger partial charge in [0.2, 0.25) is 0 Å². The fraction of sp³-hybridized carbons (Fsp3) is 0.846. The van der Waals surface area contributed by atoms with Crippen LogP contribution in [0.25, 0.3) is 0 Å². The predicted molar refractivity (Wildman–Crippen MR) is 65.0 cm³/mol. The van der Waals surface area contributed by atoms with Gasteiger partial charge in [0.15, 0.2) is 0 Å². The second-order valence-electron chi connectivity index (χ2n) is 4.69. The predicted octanol–water partition coefficient (Wildman–Crippen LogP) is 2.75. The van der Waals surface area contributed by atoms with E-state index in [1.165, 1.54) is 18.4 Å². The fourth-order valence-electron chi connectivity index (χ4n) is 2.41. The van der Waals surface area contributed by atoms with Gasteiger partial charge in [0.05, 0.1) is 6.10 Å². The molecule has 0 aromatic heterocycles. The summed E-state index contributed by atoms with van der Waals surface area (Å²) in [6.45, 7) is 12.4. The summed E-state index contributed by atoms with van der Waals surface area (Å²) in [5, 5.41) is 3.59. The maximum Gasteiger partial charge on any atom is 0.0590 e. The van der Waals surface area contributed by atoms with Crippen molar-refractivity contribution in [2.24, 2.45) is 5.92 Å². The van der Waals surface area contributed by atoms with E-state index in [4.69, 9.17) is 4.74 Å². The number of hydrogen-bond donors (Lipinski definition) is 1. The zero-order valence-electron chi connectivity index (χ0n) is 10.4. The van der Waals surface area contributed by atoms with Gasteiger partial charge in [-0.15, -0.1) is 6.58 Å². The summed E-state index contributed by atoms with van der Waals surface area (Å²) >= 11 is 0. The standard InChI is InChI=1S/C13H25NO/c1-5-14-13(7-6-10(2)3)12-8-9-15-11(12)4/h11-14H,2,5-9H2,1,3-4H3. The molecule has 0 radical (unpaired) electrons. The van der Waals surface area contributed by atoms with Gasteiger partial charge in [0.1, 0.15) is 0 Å². The van der Waals surface area contributed by atoms with Gasteiger partial charge in [-0.1, -0.05) is 12.5 Å². The molecular formula is C13H25NO. The molecule has 0 amide bonds. The van der Waals surface area contributed by atoms with Crippen LogP contribution in [0.2, 0.25) is 0 Å². The van der Waals surface area contributed by atoms with Crippen LogP contribution in [-0.2, 0) is 4.74 Å². The summed E-state index contributed by atoms with van der Waals surface area (Å²) in [4.78, 5) is 0. The Balaban J connectivity index is 2.44. The van der Waals surface area contributed by atoms with E-state index in [0.29, 0.717) is 18.1 Å². The smallest absolute Gasteiger partial charge is 0.0590 e. The summed E-state index contributed by atoms with van der Waals surface area (Å²) in [7, 11) is 0. The Morgan fingerprint density at radius 3 is 2.80 bits per heavy atom. The van der Waals surface area contributed by atoms with Crippen LogP contribution in [0.3, 0.4) is 0 Å². The summed E-state index contributed by atoms with van der Waals surface area (Å²) < 4.78 is 5.64. The molecule has 0 saturated carbocycles. The monoisotopic (exact) mass is 211 g/mol. The van der Waals surface area contributed by atoms with Crippen molar-refractivity contribution in [3.05, 3.63) is 12.2 Å². The first-order valence-electron chi connectivity index (χ1n) is 6.14. The van der Waals surface area contributed by atoms with Crippen molar-refractivity contribution in [2.75, 3.05) is 13.2 Å². The van der Waals surface area contributed by atoms with Gasteiger partial charge >= 0.3 is 0 Å². The summed E-state index contributed by atoms with van der Waals surface area (Å²) in [5.41, 5.74) is 1.28. The second-order valence-corrected chi connectivity index (χ2v) is 4.69. The Hall–Kier alpha value is -0.340. The van der Waals surface area contributed by atoms with Gasteiger partial charge in [-0.25, -0.2) is 0 Å². The van der Waals surface area contributed by atoms with Gasteiger partial charge < -0.3 is 10.1 Å². The summed E-state index contributed by atoms with van der Waals surface area (Å²) in [6, 6.07) is 0.601. The topological polar surface area (TPSA) is 21.3 Å². The Kier molecular flexibility index (Phi) is 5.34. The molecule has 1 heterocycles. The van der Waals surface area contributed by atoms with Gasteiger partial charge in [0, 0.05) is 18.6 Å². The van der Waals surface area contributed by atoms with E-state index in [1.54, 1.807) is 0 Å². The number of hydrogen-bond acceptors (Lipinski definition) is 2. The molecule has 3 atom stereocenters. The molecule has 88 valence electrons. The molecule has 0 aromatic carbocycles. The van der Waals surface area contributed by atoms with Crippen molar-refractivity contribution in [1.29, 1.82) is 0 Å². The summed E-state index contributed by atoms with van der Waals surface area (Å²) in [6.07, 6.45) is 3.94. The molecule has 1 rings (SSSR count). The van der Waals surface area contributed by atoms with Crippen molar-refractivity contribution in [3.8, 4) is 0 Å². The SMILES string of the molecule is C=C(C)CCC(NCC)C1CCOC1C. The quantitative estimate of drug-likeness (QED) is 0.682. The minimum absolute atomic E-state index is 0.416. The average Bonchev–Trinajstić information content (AvgIpc) is 2.59. The van der Waals surface area contributed by atoms with E-state index in [-0.39, 0.29) is 0 Å². The fourth-order valence-corrected chi connectivity index (χ4v) is 2.41. The average molecular weight is 211 g/mol. The van der Waals surface area contributed by atoms with Crippen LogP contribution in [0.1, 0.15) is 40.0 Å². The second kappa shape index (κ2) is 6.29.